The Kier molecular flexibility index (Phi) is 14.1. The second-order valence-corrected chi connectivity index (χ2v) is 9.04. The maximum Gasteiger partial charge on any atom is 2.00 e. The zero-order valence-electron chi connectivity index (χ0n) is 22.8. The number of hydrogen-bond acceptors (Lipinski definition) is 10. The summed E-state index contributed by atoms with van der Waals surface area (Å²) in [5.41, 5.74) is 4.01. The molecule has 1 radical (unpaired) electrons. The zero-order valence-corrected chi connectivity index (χ0v) is 25.4. The van der Waals surface area contributed by atoms with Gasteiger partial charge in [-0.1, -0.05) is 24.3 Å². The van der Waals surface area contributed by atoms with Crippen molar-refractivity contribution in [2.24, 2.45) is 20.4 Å². The third-order valence-electron chi connectivity index (χ3n) is 4.87. The zero-order chi connectivity index (χ0) is 28.7. The van der Waals surface area contributed by atoms with E-state index >= 15 is 0 Å². The molecule has 0 amide bonds. The number of aromatic nitrogens is 4. The summed E-state index contributed by atoms with van der Waals surface area (Å²) in [6.45, 7) is 0. The van der Waals surface area contributed by atoms with Crippen LogP contribution in [0.2, 0.25) is 0 Å². The van der Waals surface area contributed by atoms with Gasteiger partial charge in [0.05, 0.1) is 22.8 Å². The fourth-order valence-corrected chi connectivity index (χ4v) is 2.92. The first kappa shape index (κ1) is 33.0. The second-order valence-electron chi connectivity index (χ2n) is 8.31. The fraction of sp³-hybridized carbons (Fsp3) is 0.143. The summed E-state index contributed by atoms with van der Waals surface area (Å²) >= 11 is 10.2. The molecule has 0 aliphatic heterocycles. The van der Waals surface area contributed by atoms with Crippen LogP contribution in [-0.2, 0) is 42.3 Å². The molecule has 13 heteroatoms. The Labute approximate surface area is 261 Å². The molecule has 0 bridgehead atoms. The summed E-state index contributed by atoms with van der Waals surface area (Å²) in [4.78, 5) is 20.6. The van der Waals surface area contributed by atoms with Crippen LogP contribution in [0.3, 0.4) is 0 Å². The molecule has 0 unspecified atom stereocenters. The molecule has 0 atom stereocenters. The standard InChI is InChI=1S/2C14H15N5S.Cu/c2*1-19(2)14(20)18-17-13(11-7-3-5-9-15-11)12-8-4-6-10-16-12;/h2*3-10H,1-2H3,(H,18,20);/q;;+2/p-2. The molecule has 10 nitrogen and oxygen atoms in total. The molecule has 0 fully saturated rings. The van der Waals surface area contributed by atoms with Crippen molar-refractivity contribution in [3.05, 3.63) is 120 Å². The molecule has 0 saturated carbocycles. The topological polar surface area (TPSA) is 107 Å². The monoisotopic (exact) mass is 631 g/mol. The maximum absolute atomic E-state index is 5.11. The first-order valence-corrected chi connectivity index (χ1v) is 12.8. The van der Waals surface area contributed by atoms with Gasteiger partial charge in [-0.3, -0.25) is 19.9 Å². The van der Waals surface area contributed by atoms with E-state index in [1.165, 1.54) is 0 Å². The Morgan fingerprint density at radius 3 is 0.951 bits per heavy atom. The van der Waals surface area contributed by atoms with Gasteiger partial charge in [0.15, 0.2) is 0 Å². The Hall–Kier alpha value is -4.16. The van der Waals surface area contributed by atoms with Gasteiger partial charge in [0.1, 0.15) is 11.4 Å². The quantitative estimate of drug-likeness (QED) is 0.105. The van der Waals surface area contributed by atoms with Gasteiger partial charge in [0.25, 0.3) is 0 Å². The van der Waals surface area contributed by atoms with E-state index in [-0.39, 0.29) is 17.1 Å². The van der Waals surface area contributed by atoms with E-state index in [1.54, 1.807) is 34.6 Å². The molecule has 0 aromatic carbocycles. The van der Waals surface area contributed by atoms with Crippen molar-refractivity contribution in [3.8, 4) is 0 Å². The average molecular weight is 632 g/mol. The minimum atomic E-state index is 0. The van der Waals surface area contributed by atoms with Crippen LogP contribution in [0.15, 0.2) is 118 Å². The Morgan fingerprint density at radius 1 is 0.488 bits per heavy atom. The summed E-state index contributed by atoms with van der Waals surface area (Å²) in [6, 6.07) is 22.4. The molecule has 4 aromatic heterocycles. The molecule has 0 spiro atoms. The van der Waals surface area contributed by atoms with Crippen molar-refractivity contribution >= 4 is 47.0 Å². The second kappa shape index (κ2) is 17.5. The summed E-state index contributed by atoms with van der Waals surface area (Å²) < 4.78 is 0. The van der Waals surface area contributed by atoms with Crippen molar-refractivity contribution < 1.29 is 17.1 Å². The average Bonchev–Trinajstić information content (AvgIpc) is 2.99. The minimum absolute atomic E-state index is 0. The minimum Gasteiger partial charge on any atom is -0.741 e. The van der Waals surface area contributed by atoms with Gasteiger partial charge < -0.3 is 35.1 Å². The SMILES string of the molecule is CN(C)/C([S-])=N/N=C(c1ccccn1)c1ccccn1.CN(C)/C([S-])=N\N=C(c1ccccn1)c1ccccn1.[Cu+2]. The number of amidine groups is 2. The smallest absolute Gasteiger partial charge is 0.741 e. The van der Waals surface area contributed by atoms with Crippen molar-refractivity contribution in [3.63, 3.8) is 0 Å². The predicted molar refractivity (Wildman–Crippen MR) is 165 cm³/mol. The number of hydrogen-bond donors (Lipinski definition) is 0. The molecular weight excluding hydrogens is 604 g/mol. The molecule has 213 valence electrons. The molecule has 0 saturated heterocycles. The van der Waals surface area contributed by atoms with Crippen LogP contribution in [-0.4, -0.2) is 79.7 Å². The van der Waals surface area contributed by atoms with Crippen LogP contribution < -0.4 is 0 Å². The Bertz CT molecular complexity index is 1250. The van der Waals surface area contributed by atoms with Crippen molar-refractivity contribution in [2.75, 3.05) is 28.2 Å². The summed E-state index contributed by atoms with van der Waals surface area (Å²) in [5, 5.41) is 17.3. The van der Waals surface area contributed by atoms with Gasteiger partial charge in [-0.15, -0.1) is 10.2 Å². The fourth-order valence-electron chi connectivity index (χ4n) is 2.84. The third kappa shape index (κ3) is 10.7. The van der Waals surface area contributed by atoms with Gasteiger partial charge in [-0.25, -0.2) is 0 Å². The third-order valence-corrected chi connectivity index (χ3v) is 5.76. The van der Waals surface area contributed by atoms with Gasteiger partial charge in [0.2, 0.25) is 0 Å². The van der Waals surface area contributed by atoms with E-state index in [1.807, 2.05) is 101 Å². The van der Waals surface area contributed by atoms with E-state index < -0.39 is 0 Å². The van der Waals surface area contributed by atoms with Gasteiger partial charge >= 0.3 is 17.1 Å². The molecular formula is C28H28CuN10S2. The van der Waals surface area contributed by atoms with Crippen LogP contribution in [0, 0.1) is 0 Å². The van der Waals surface area contributed by atoms with Gasteiger partial charge in [-0.2, -0.15) is 10.2 Å². The van der Waals surface area contributed by atoms with Crippen molar-refractivity contribution in [2.45, 2.75) is 0 Å². The van der Waals surface area contributed by atoms with Crippen LogP contribution in [0.25, 0.3) is 0 Å². The van der Waals surface area contributed by atoms with E-state index in [0.717, 1.165) is 0 Å². The summed E-state index contributed by atoms with van der Waals surface area (Å²) in [5.74, 6) is 0. The number of nitrogens with zero attached hydrogens (tertiary/aromatic N) is 10. The molecule has 0 aliphatic carbocycles. The van der Waals surface area contributed by atoms with Crippen molar-refractivity contribution in [1.29, 1.82) is 0 Å². The molecule has 4 aromatic rings. The predicted octanol–water partition coefficient (Wildman–Crippen LogP) is 3.38. The van der Waals surface area contributed by atoms with E-state index in [0.29, 0.717) is 44.5 Å². The molecule has 4 rings (SSSR count). The van der Waals surface area contributed by atoms with Crippen LogP contribution in [0.4, 0.5) is 0 Å². The van der Waals surface area contributed by atoms with Crippen molar-refractivity contribution in [1.82, 2.24) is 29.7 Å². The van der Waals surface area contributed by atoms with E-state index in [2.05, 4.69) is 40.3 Å². The van der Waals surface area contributed by atoms with Gasteiger partial charge in [-0.05, 0) is 48.5 Å². The number of pyridine rings is 4. The van der Waals surface area contributed by atoms with Crippen LogP contribution in [0.5, 0.6) is 0 Å². The van der Waals surface area contributed by atoms with E-state index in [4.69, 9.17) is 25.3 Å². The van der Waals surface area contributed by atoms with E-state index in [9.17, 15) is 0 Å². The van der Waals surface area contributed by atoms with Crippen LogP contribution >= 0.6 is 0 Å². The molecule has 0 N–H and O–H groups in total. The molecule has 41 heavy (non-hydrogen) atoms. The summed E-state index contributed by atoms with van der Waals surface area (Å²) in [6.07, 6.45) is 6.83. The largest absolute Gasteiger partial charge is 2.00 e. The Morgan fingerprint density at radius 2 is 0.756 bits per heavy atom. The molecule has 4 heterocycles. The number of rotatable bonds is 6. The first-order chi connectivity index (χ1) is 19.4. The maximum atomic E-state index is 5.11. The van der Waals surface area contributed by atoms with Crippen LogP contribution in [0.1, 0.15) is 22.8 Å². The summed E-state index contributed by atoms with van der Waals surface area (Å²) in [7, 11) is 7.29. The Balaban J connectivity index is 0.000000280. The normalized spacial score (nSPS) is 10.7. The van der Waals surface area contributed by atoms with Gasteiger partial charge in [0, 0.05) is 63.3 Å². The first-order valence-electron chi connectivity index (χ1n) is 12.0. The molecule has 0 aliphatic rings.